The zero-order valence-corrected chi connectivity index (χ0v) is 16.6. The lowest BCUT2D eigenvalue weighted by Gasteiger charge is -2.14. The van der Waals surface area contributed by atoms with Gasteiger partial charge in [-0.3, -0.25) is 0 Å². The van der Waals surface area contributed by atoms with Gasteiger partial charge in [-0.1, -0.05) is 54.6 Å². The minimum absolute atomic E-state index is 0.0601. The van der Waals surface area contributed by atoms with Crippen LogP contribution >= 0.6 is 15.9 Å². The van der Waals surface area contributed by atoms with Crippen molar-refractivity contribution in [3.05, 3.63) is 88.4 Å². The average molecular weight is 436 g/mol. The number of benzene rings is 2. The first-order valence-electron chi connectivity index (χ1n) is 8.95. The van der Waals surface area contributed by atoms with E-state index in [0.29, 0.717) is 19.0 Å². The lowest BCUT2D eigenvalue weighted by atomic mass is 9.98. The number of rotatable bonds is 5. The van der Waals surface area contributed by atoms with Gasteiger partial charge in [0, 0.05) is 24.9 Å². The molecule has 1 aliphatic rings. The van der Waals surface area contributed by atoms with Crippen molar-refractivity contribution in [2.75, 3.05) is 13.2 Å². The molecule has 1 aromatic heterocycles. The summed E-state index contributed by atoms with van der Waals surface area (Å²) in [6, 6.07) is 16.5. The minimum atomic E-state index is -0.441. The molecular formula is C22H18BrN3O2. The van der Waals surface area contributed by atoms with Crippen molar-refractivity contribution in [3.63, 3.8) is 0 Å². The number of fused-ring (bicyclic) bond motifs is 3. The monoisotopic (exact) mass is 435 g/mol. The van der Waals surface area contributed by atoms with E-state index in [4.69, 9.17) is 4.74 Å². The van der Waals surface area contributed by atoms with Crippen LogP contribution in [-0.4, -0.2) is 29.2 Å². The van der Waals surface area contributed by atoms with Crippen molar-refractivity contribution in [2.45, 2.75) is 5.92 Å². The van der Waals surface area contributed by atoms with Gasteiger partial charge in [0.15, 0.2) is 5.82 Å². The smallest absolute Gasteiger partial charge is 0.407 e. The van der Waals surface area contributed by atoms with Gasteiger partial charge in [0.1, 0.15) is 6.61 Å². The number of hydrogen-bond donors (Lipinski definition) is 1. The van der Waals surface area contributed by atoms with E-state index in [1.165, 1.54) is 22.3 Å². The van der Waals surface area contributed by atoms with Crippen LogP contribution in [0.5, 0.6) is 0 Å². The molecule has 0 aliphatic heterocycles. The van der Waals surface area contributed by atoms with Crippen LogP contribution < -0.4 is 5.32 Å². The Labute approximate surface area is 171 Å². The molecule has 0 bridgehead atoms. The second-order valence-electron chi connectivity index (χ2n) is 6.37. The molecule has 1 heterocycles. The molecule has 0 unspecified atom stereocenters. The van der Waals surface area contributed by atoms with Gasteiger partial charge in [-0.05, 0) is 44.3 Å². The van der Waals surface area contributed by atoms with Gasteiger partial charge in [-0.15, -0.1) is 0 Å². The zero-order chi connectivity index (χ0) is 19.3. The molecule has 2 aromatic carbocycles. The highest BCUT2D eigenvalue weighted by molar-refractivity contribution is 9.10. The van der Waals surface area contributed by atoms with Crippen LogP contribution in [0.1, 0.15) is 22.9 Å². The van der Waals surface area contributed by atoms with Gasteiger partial charge in [0.25, 0.3) is 0 Å². The van der Waals surface area contributed by atoms with E-state index in [2.05, 4.69) is 55.5 Å². The summed E-state index contributed by atoms with van der Waals surface area (Å²) in [4.78, 5) is 20.4. The van der Waals surface area contributed by atoms with E-state index >= 15 is 0 Å². The predicted octanol–water partition coefficient (Wildman–Crippen LogP) is 4.79. The summed E-state index contributed by atoms with van der Waals surface area (Å²) >= 11 is 3.29. The number of alkyl carbamates (subject to hydrolysis) is 1. The van der Waals surface area contributed by atoms with E-state index in [1.54, 1.807) is 24.5 Å². The van der Waals surface area contributed by atoms with Gasteiger partial charge in [-0.25, -0.2) is 14.8 Å². The Morgan fingerprint density at radius 2 is 1.64 bits per heavy atom. The lowest BCUT2D eigenvalue weighted by molar-refractivity contribution is 0.144. The molecule has 28 heavy (non-hydrogen) atoms. The van der Waals surface area contributed by atoms with Crippen LogP contribution in [0.4, 0.5) is 4.79 Å². The third kappa shape index (κ3) is 3.97. The molecule has 0 saturated heterocycles. The average Bonchev–Trinajstić information content (AvgIpc) is 3.05. The van der Waals surface area contributed by atoms with Crippen molar-refractivity contribution >= 4 is 28.1 Å². The Bertz CT molecular complexity index is 973. The van der Waals surface area contributed by atoms with Crippen LogP contribution in [0, 0.1) is 0 Å². The molecule has 1 aliphatic carbocycles. The van der Waals surface area contributed by atoms with Crippen molar-refractivity contribution in [1.29, 1.82) is 0 Å². The number of carbonyl (C=O) groups is 1. The number of carbonyl (C=O) groups excluding carboxylic acids is 1. The molecule has 0 radical (unpaired) electrons. The third-order valence-electron chi connectivity index (χ3n) is 4.62. The van der Waals surface area contributed by atoms with Crippen LogP contribution in [-0.2, 0) is 4.74 Å². The summed E-state index contributed by atoms with van der Waals surface area (Å²) in [5.74, 6) is 0.641. The highest BCUT2D eigenvalue weighted by Gasteiger charge is 2.28. The SMILES string of the molecule is O=C(NCC=Cc1ncc(Br)cn1)OCC1c2ccccc2-c2ccccc21. The van der Waals surface area contributed by atoms with Gasteiger partial charge in [0.2, 0.25) is 0 Å². The maximum Gasteiger partial charge on any atom is 0.407 e. The summed E-state index contributed by atoms with van der Waals surface area (Å²) in [5.41, 5.74) is 4.82. The van der Waals surface area contributed by atoms with E-state index in [1.807, 2.05) is 24.3 Å². The van der Waals surface area contributed by atoms with E-state index < -0.39 is 6.09 Å². The van der Waals surface area contributed by atoms with Gasteiger partial charge < -0.3 is 10.1 Å². The first-order chi connectivity index (χ1) is 13.7. The van der Waals surface area contributed by atoms with Crippen LogP contribution in [0.25, 0.3) is 17.2 Å². The standard InChI is InChI=1S/C22H18BrN3O2/c23-15-12-25-21(26-13-15)10-5-11-24-22(27)28-14-20-18-8-3-1-6-16(18)17-7-2-4-9-19(17)20/h1-10,12-13,20H,11,14H2,(H,24,27). The summed E-state index contributed by atoms with van der Waals surface area (Å²) in [6.45, 7) is 0.648. The number of hydrogen-bond acceptors (Lipinski definition) is 4. The Balaban J connectivity index is 1.33. The Morgan fingerprint density at radius 1 is 1.04 bits per heavy atom. The highest BCUT2D eigenvalue weighted by Crippen LogP contribution is 2.44. The van der Waals surface area contributed by atoms with E-state index in [0.717, 1.165) is 4.47 Å². The van der Waals surface area contributed by atoms with Crippen molar-refractivity contribution in [2.24, 2.45) is 0 Å². The molecule has 6 heteroatoms. The predicted molar refractivity (Wildman–Crippen MR) is 112 cm³/mol. The zero-order valence-electron chi connectivity index (χ0n) is 15.0. The highest BCUT2D eigenvalue weighted by atomic mass is 79.9. The van der Waals surface area contributed by atoms with Crippen LogP contribution in [0.2, 0.25) is 0 Å². The second-order valence-corrected chi connectivity index (χ2v) is 7.28. The first kappa shape index (κ1) is 18.4. The number of amides is 1. The molecular weight excluding hydrogens is 418 g/mol. The summed E-state index contributed by atoms with van der Waals surface area (Å²) in [5, 5.41) is 2.72. The van der Waals surface area contributed by atoms with Crippen LogP contribution in [0.15, 0.2) is 71.5 Å². The van der Waals surface area contributed by atoms with Gasteiger partial charge >= 0.3 is 6.09 Å². The maximum absolute atomic E-state index is 12.1. The third-order valence-corrected chi connectivity index (χ3v) is 5.02. The molecule has 140 valence electrons. The summed E-state index contributed by atoms with van der Waals surface area (Å²) < 4.78 is 6.31. The fourth-order valence-electron chi connectivity index (χ4n) is 3.36. The quantitative estimate of drug-likeness (QED) is 0.625. The number of aromatic nitrogens is 2. The Morgan fingerprint density at radius 3 is 2.29 bits per heavy atom. The van der Waals surface area contributed by atoms with Gasteiger partial charge in [-0.2, -0.15) is 0 Å². The molecule has 4 rings (SSSR count). The van der Waals surface area contributed by atoms with E-state index in [-0.39, 0.29) is 5.92 Å². The number of nitrogens with zero attached hydrogens (tertiary/aromatic N) is 2. The molecule has 3 aromatic rings. The summed E-state index contributed by atoms with van der Waals surface area (Å²) in [6.07, 6.45) is 6.43. The largest absolute Gasteiger partial charge is 0.449 e. The molecule has 1 amide bonds. The number of nitrogens with one attached hydrogen (secondary N) is 1. The Kier molecular flexibility index (Phi) is 5.48. The molecule has 5 nitrogen and oxygen atoms in total. The van der Waals surface area contributed by atoms with Crippen molar-refractivity contribution < 1.29 is 9.53 Å². The van der Waals surface area contributed by atoms with Crippen molar-refractivity contribution in [3.8, 4) is 11.1 Å². The molecule has 0 atom stereocenters. The number of halogens is 1. The number of ether oxygens (including phenoxy) is 1. The van der Waals surface area contributed by atoms with Gasteiger partial charge in [0.05, 0.1) is 4.47 Å². The minimum Gasteiger partial charge on any atom is -0.449 e. The fraction of sp³-hybridized carbons (Fsp3) is 0.136. The normalized spacial score (nSPS) is 12.6. The van der Waals surface area contributed by atoms with Crippen molar-refractivity contribution in [1.82, 2.24) is 15.3 Å². The lowest BCUT2D eigenvalue weighted by Crippen LogP contribution is -2.26. The maximum atomic E-state index is 12.1. The summed E-state index contributed by atoms with van der Waals surface area (Å²) in [7, 11) is 0. The molecule has 0 spiro atoms. The van der Waals surface area contributed by atoms with E-state index in [9.17, 15) is 4.79 Å². The molecule has 1 N–H and O–H groups in total. The first-order valence-corrected chi connectivity index (χ1v) is 9.74. The second kappa shape index (κ2) is 8.35. The molecule has 0 fully saturated rings. The van der Waals surface area contributed by atoms with Crippen LogP contribution in [0.3, 0.4) is 0 Å². The topological polar surface area (TPSA) is 64.1 Å². The fourth-order valence-corrected chi connectivity index (χ4v) is 3.57. The molecule has 0 saturated carbocycles. The Hall–Kier alpha value is -2.99.